The van der Waals surface area contributed by atoms with Gasteiger partial charge in [0.1, 0.15) is 5.75 Å². The van der Waals surface area contributed by atoms with Gasteiger partial charge in [0.25, 0.3) is 0 Å². The number of hydrogen-bond acceptors (Lipinski definition) is 6. The molecule has 0 aliphatic carbocycles. The van der Waals surface area contributed by atoms with Gasteiger partial charge in [-0.05, 0) is 50.2 Å². The molecule has 0 saturated carbocycles. The van der Waals surface area contributed by atoms with Crippen molar-refractivity contribution in [2.75, 3.05) is 18.2 Å². The minimum Gasteiger partial charge on any atom is -0.496 e. The Hall–Kier alpha value is -2.38. The van der Waals surface area contributed by atoms with Crippen molar-refractivity contribution in [1.82, 2.24) is 4.98 Å². The Labute approximate surface area is 166 Å². The van der Waals surface area contributed by atoms with Crippen molar-refractivity contribution in [3.05, 3.63) is 52.5 Å². The molecule has 0 radical (unpaired) electrons. The van der Waals surface area contributed by atoms with Crippen LogP contribution < -0.4 is 10.1 Å². The highest BCUT2D eigenvalue weighted by Gasteiger charge is 2.10. The summed E-state index contributed by atoms with van der Waals surface area (Å²) in [6.07, 6.45) is 0. The number of hydrogen-bond donors (Lipinski definition) is 1. The number of fused-ring (bicyclic) bond motifs is 1. The SMILES string of the molecule is COc1ccc(C(C)=O)cc1CSCC(=O)Nc1ccc2nc(C)sc2c1. The summed E-state index contributed by atoms with van der Waals surface area (Å²) >= 11 is 3.09. The van der Waals surface area contributed by atoms with Crippen LogP contribution in [0.25, 0.3) is 10.2 Å². The molecule has 1 heterocycles. The number of anilines is 1. The summed E-state index contributed by atoms with van der Waals surface area (Å²) in [5, 5.41) is 3.93. The van der Waals surface area contributed by atoms with Gasteiger partial charge in [0.15, 0.2) is 5.78 Å². The Kier molecular flexibility index (Phi) is 6.13. The number of amides is 1. The average Bonchev–Trinajstić information content (AvgIpc) is 3.00. The van der Waals surface area contributed by atoms with E-state index in [0.717, 1.165) is 32.2 Å². The molecule has 0 aliphatic rings. The Balaban J connectivity index is 1.59. The lowest BCUT2D eigenvalue weighted by Gasteiger charge is -2.10. The highest BCUT2D eigenvalue weighted by molar-refractivity contribution is 7.99. The van der Waals surface area contributed by atoms with Gasteiger partial charge in [-0.25, -0.2) is 4.98 Å². The number of carbonyl (C=O) groups excluding carboxylic acids is 2. The van der Waals surface area contributed by atoms with E-state index in [0.29, 0.717) is 17.1 Å². The van der Waals surface area contributed by atoms with Crippen LogP contribution in [-0.4, -0.2) is 29.5 Å². The number of benzene rings is 2. The molecule has 3 rings (SSSR count). The van der Waals surface area contributed by atoms with Crippen molar-refractivity contribution in [2.45, 2.75) is 19.6 Å². The fourth-order valence-electron chi connectivity index (χ4n) is 2.68. The number of ketones is 1. The molecule has 1 amide bonds. The lowest BCUT2D eigenvalue weighted by molar-refractivity contribution is -0.113. The van der Waals surface area contributed by atoms with Crippen LogP contribution >= 0.6 is 23.1 Å². The smallest absolute Gasteiger partial charge is 0.234 e. The molecule has 140 valence electrons. The zero-order valence-electron chi connectivity index (χ0n) is 15.4. The molecule has 0 atom stereocenters. The molecule has 0 unspecified atom stereocenters. The molecule has 27 heavy (non-hydrogen) atoms. The first-order chi connectivity index (χ1) is 13.0. The Bertz CT molecular complexity index is 998. The fraction of sp³-hybridized carbons (Fsp3) is 0.250. The minimum absolute atomic E-state index is 0.00958. The number of aromatic nitrogens is 1. The summed E-state index contributed by atoms with van der Waals surface area (Å²) < 4.78 is 6.41. The third-order valence-electron chi connectivity index (χ3n) is 3.96. The van der Waals surface area contributed by atoms with Gasteiger partial charge in [0.05, 0.1) is 28.1 Å². The highest BCUT2D eigenvalue weighted by Crippen LogP contribution is 2.26. The van der Waals surface area contributed by atoms with Crippen LogP contribution in [0.1, 0.15) is 27.9 Å². The number of carbonyl (C=O) groups is 2. The van der Waals surface area contributed by atoms with Gasteiger partial charge in [0, 0.05) is 22.6 Å². The van der Waals surface area contributed by atoms with E-state index in [1.54, 1.807) is 30.6 Å². The topological polar surface area (TPSA) is 68.3 Å². The van der Waals surface area contributed by atoms with E-state index in [4.69, 9.17) is 4.74 Å². The first-order valence-corrected chi connectivity index (χ1v) is 10.4. The Morgan fingerprint density at radius 2 is 2.04 bits per heavy atom. The zero-order valence-corrected chi connectivity index (χ0v) is 17.0. The molecule has 1 aromatic heterocycles. The van der Waals surface area contributed by atoms with Crippen molar-refractivity contribution in [3.63, 3.8) is 0 Å². The second kappa shape index (κ2) is 8.54. The van der Waals surface area contributed by atoms with Gasteiger partial charge in [-0.15, -0.1) is 23.1 Å². The maximum atomic E-state index is 12.2. The van der Waals surface area contributed by atoms with Crippen LogP contribution in [0.4, 0.5) is 5.69 Å². The first kappa shape index (κ1) is 19.4. The quantitative estimate of drug-likeness (QED) is 0.583. The molecular weight excluding hydrogens is 380 g/mol. The molecule has 7 heteroatoms. The number of ether oxygens (including phenoxy) is 1. The molecule has 2 aromatic carbocycles. The minimum atomic E-state index is -0.0673. The highest BCUT2D eigenvalue weighted by atomic mass is 32.2. The number of rotatable bonds is 7. The molecule has 0 spiro atoms. The van der Waals surface area contributed by atoms with E-state index in [1.165, 1.54) is 18.7 Å². The normalized spacial score (nSPS) is 10.8. The third-order valence-corrected chi connectivity index (χ3v) is 5.87. The lowest BCUT2D eigenvalue weighted by Crippen LogP contribution is -2.14. The predicted octanol–water partition coefficient (Wildman–Crippen LogP) is 4.69. The fourth-order valence-corrected chi connectivity index (χ4v) is 4.35. The third kappa shape index (κ3) is 4.87. The molecule has 1 N–H and O–H groups in total. The molecule has 0 saturated heterocycles. The van der Waals surface area contributed by atoms with Gasteiger partial charge in [-0.1, -0.05) is 0 Å². The van der Waals surface area contributed by atoms with Gasteiger partial charge < -0.3 is 10.1 Å². The standard InChI is InChI=1S/C20H20N2O3S2/c1-12(23)14-4-7-18(25-3)15(8-14)10-26-11-20(24)22-16-5-6-17-19(9-16)27-13(2)21-17/h4-9H,10-11H2,1-3H3,(H,22,24). The molecule has 5 nitrogen and oxygen atoms in total. The van der Waals surface area contributed by atoms with E-state index in [9.17, 15) is 9.59 Å². The largest absolute Gasteiger partial charge is 0.496 e. The van der Waals surface area contributed by atoms with E-state index >= 15 is 0 Å². The van der Waals surface area contributed by atoms with Crippen LogP contribution in [0.15, 0.2) is 36.4 Å². The molecule has 0 fully saturated rings. The van der Waals surface area contributed by atoms with Crippen LogP contribution in [0.2, 0.25) is 0 Å². The number of aryl methyl sites for hydroxylation is 1. The maximum Gasteiger partial charge on any atom is 0.234 e. The zero-order chi connectivity index (χ0) is 19.4. The van der Waals surface area contributed by atoms with E-state index in [-0.39, 0.29) is 11.7 Å². The van der Waals surface area contributed by atoms with E-state index in [1.807, 2.05) is 31.2 Å². The number of nitrogens with zero attached hydrogens (tertiary/aromatic N) is 1. The second-order valence-electron chi connectivity index (χ2n) is 6.04. The summed E-state index contributed by atoms with van der Waals surface area (Å²) in [5.41, 5.74) is 3.27. The summed E-state index contributed by atoms with van der Waals surface area (Å²) in [5.74, 6) is 1.56. The second-order valence-corrected chi connectivity index (χ2v) is 8.26. The molecule has 0 bridgehead atoms. The van der Waals surface area contributed by atoms with Crippen molar-refractivity contribution in [1.29, 1.82) is 0 Å². The van der Waals surface area contributed by atoms with Crippen LogP contribution in [0, 0.1) is 6.92 Å². The van der Waals surface area contributed by atoms with Crippen LogP contribution in [0.5, 0.6) is 5.75 Å². The first-order valence-electron chi connectivity index (χ1n) is 8.39. The van der Waals surface area contributed by atoms with E-state index in [2.05, 4.69) is 10.3 Å². The average molecular weight is 401 g/mol. The number of methoxy groups -OCH3 is 1. The van der Waals surface area contributed by atoms with Gasteiger partial charge >= 0.3 is 0 Å². The van der Waals surface area contributed by atoms with Gasteiger partial charge in [0.2, 0.25) is 5.91 Å². The number of thioether (sulfide) groups is 1. The van der Waals surface area contributed by atoms with Crippen LogP contribution in [-0.2, 0) is 10.5 Å². The Morgan fingerprint density at radius 1 is 1.22 bits per heavy atom. The Morgan fingerprint density at radius 3 is 2.78 bits per heavy atom. The van der Waals surface area contributed by atoms with Gasteiger partial charge in [-0.2, -0.15) is 0 Å². The summed E-state index contributed by atoms with van der Waals surface area (Å²) in [4.78, 5) is 28.2. The van der Waals surface area contributed by atoms with E-state index < -0.39 is 0 Å². The molecule has 3 aromatic rings. The van der Waals surface area contributed by atoms with Gasteiger partial charge in [-0.3, -0.25) is 9.59 Å². The summed E-state index contributed by atoms with van der Waals surface area (Å²) in [6, 6.07) is 11.1. The summed E-state index contributed by atoms with van der Waals surface area (Å²) in [6.45, 7) is 3.50. The maximum absolute atomic E-state index is 12.2. The van der Waals surface area contributed by atoms with Crippen LogP contribution in [0.3, 0.4) is 0 Å². The lowest BCUT2D eigenvalue weighted by atomic mass is 10.1. The number of thiazole rings is 1. The predicted molar refractivity (Wildman–Crippen MR) is 112 cm³/mol. The summed E-state index contributed by atoms with van der Waals surface area (Å²) in [7, 11) is 1.60. The van der Waals surface area contributed by atoms with Crippen molar-refractivity contribution < 1.29 is 14.3 Å². The van der Waals surface area contributed by atoms with Crippen molar-refractivity contribution in [2.24, 2.45) is 0 Å². The number of Topliss-reactive ketones (excluding diaryl/α,β-unsaturated/α-hetero) is 1. The molecular formula is C20H20N2O3S2. The van der Waals surface area contributed by atoms with Crippen molar-refractivity contribution >= 4 is 50.7 Å². The number of nitrogens with one attached hydrogen (secondary N) is 1. The van der Waals surface area contributed by atoms with Crippen molar-refractivity contribution in [3.8, 4) is 5.75 Å². The molecule has 0 aliphatic heterocycles. The monoisotopic (exact) mass is 400 g/mol.